The summed E-state index contributed by atoms with van der Waals surface area (Å²) in [6.07, 6.45) is 10.2. The molecule has 0 saturated heterocycles. The van der Waals surface area contributed by atoms with Crippen molar-refractivity contribution in [2.24, 2.45) is 0 Å². The van der Waals surface area contributed by atoms with Crippen LogP contribution >= 0.6 is 0 Å². The van der Waals surface area contributed by atoms with Crippen molar-refractivity contribution in [2.45, 2.75) is 26.2 Å². The van der Waals surface area contributed by atoms with Gasteiger partial charge in [0, 0.05) is 5.41 Å². The Labute approximate surface area is 157 Å². The smallest absolute Gasteiger partial charge is 0.0438 e. The van der Waals surface area contributed by atoms with Crippen LogP contribution in [0, 0.1) is 0 Å². The molecule has 130 valence electrons. The van der Waals surface area contributed by atoms with Crippen LogP contribution in [0.5, 0.6) is 0 Å². The summed E-state index contributed by atoms with van der Waals surface area (Å²) >= 11 is 0. The molecule has 0 atom stereocenters. The van der Waals surface area contributed by atoms with Crippen LogP contribution in [0.2, 0.25) is 0 Å². The number of fused-ring (bicyclic) bond motifs is 3. The summed E-state index contributed by atoms with van der Waals surface area (Å²) in [6.45, 7) is 14.4. The highest BCUT2D eigenvalue weighted by molar-refractivity contribution is 5.84. The fourth-order valence-electron chi connectivity index (χ4n) is 4.33. The van der Waals surface area contributed by atoms with Crippen LogP contribution in [0.25, 0.3) is 11.1 Å². The van der Waals surface area contributed by atoms with Crippen LogP contribution < -0.4 is 0 Å². The molecule has 0 aromatic heterocycles. The third-order valence-electron chi connectivity index (χ3n) is 5.46. The highest BCUT2D eigenvalue weighted by atomic mass is 14.4. The molecule has 2 aromatic rings. The standard InChI is InChI=1S/C26H26/c1-6-14-19(7-2)20(8-3)23(9-4)26(5)24-17-12-10-15-21(24)22-16-11-13-18-25(22)26/h6-18H,1-2H2,3-5H3/b19-14+,20-8-,23-9+. The Balaban J connectivity index is 2.31. The molecule has 3 rings (SSSR count). The normalized spacial score (nSPS) is 16.0. The first-order chi connectivity index (χ1) is 12.6. The number of hydrogen-bond acceptors (Lipinski definition) is 0. The van der Waals surface area contributed by atoms with E-state index in [1.807, 2.05) is 18.2 Å². The first-order valence-corrected chi connectivity index (χ1v) is 9.11. The van der Waals surface area contributed by atoms with Crippen molar-refractivity contribution in [2.75, 3.05) is 0 Å². The lowest BCUT2D eigenvalue weighted by Gasteiger charge is -2.33. The zero-order chi connectivity index (χ0) is 18.7. The van der Waals surface area contributed by atoms with Gasteiger partial charge in [0.05, 0.1) is 0 Å². The third-order valence-corrected chi connectivity index (χ3v) is 5.46. The molecule has 0 bridgehead atoms. The van der Waals surface area contributed by atoms with Gasteiger partial charge in [-0.05, 0) is 59.7 Å². The monoisotopic (exact) mass is 338 g/mol. The van der Waals surface area contributed by atoms with Crippen LogP contribution in [-0.2, 0) is 5.41 Å². The summed E-state index contributed by atoms with van der Waals surface area (Å²) in [5, 5.41) is 0. The predicted molar refractivity (Wildman–Crippen MR) is 114 cm³/mol. The van der Waals surface area contributed by atoms with E-state index in [2.05, 4.69) is 94.6 Å². The van der Waals surface area contributed by atoms with Crippen molar-refractivity contribution in [3.8, 4) is 11.1 Å². The fraction of sp³-hybridized carbons (Fsp3) is 0.154. The Morgan fingerprint density at radius 1 is 0.846 bits per heavy atom. The van der Waals surface area contributed by atoms with Gasteiger partial charge in [0.25, 0.3) is 0 Å². The second-order valence-corrected chi connectivity index (χ2v) is 6.68. The van der Waals surface area contributed by atoms with E-state index in [9.17, 15) is 0 Å². The summed E-state index contributed by atoms with van der Waals surface area (Å²) in [7, 11) is 0. The first-order valence-electron chi connectivity index (χ1n) is 9.11. The van der Waals surface area contributed by atoms with Crippen LogP contribution in [-0.4, -0.2) is 0 Å². The van der Waals surface area contributed by atoms with Crippen LogP contribution in [0.1, 0.15) is 31.9 Å². The van der Waals surface area contributed by atoms with E-state index in [0.29, 0.717) is 0 Å². The first kappa shape index (κ1) is 17.9. The molecule has 0 heteroatoms. The molecule has 0 N–H and O–H groups in total. The molecule has 0 radical (unpaired) electrons. The van der Waals surface area contributed by atoms with Crippen molar-refractivity contribution in [3.05, 3.63) is 120 Å². The van der Waals surface area contributed by atoms with E-state index in [1.54, 1.807) is 0 Å². The van der Waals surface area contributed by atoms with Crippen molar-refractivity contribution in [1.82, 2.24) is 0 Å². The summed E-state index contributed by atoms with van der Waals surface area (Å²) < 4.78 is 0. The quantitative estimate of drug-likeness (QED) is 0.507. The number of benzene rings is 2. The van der Waals surface area contributed by atoms with Gasteiger partial charge in [-0.2, -0.15) is 0 Å². The minimum absolute atomic E-state index is 0.201. The number of hydrogen-bond donors (Lipinski definition) is 0. The Hall–Kier alpha value is -2.86. The lowest BCUT2D eigenvalue weighted by atomic mass is 9.69. The third kappa shape index (κ3) is 2.54. The van der Waals surface area contributed by atoms with Gasteiger partial charge in [0.1, 0.15) is 0 Å². The highest BCUT2D eigenvalue weighted by Gasteiger charge is 2.42. The second kappa shape index (κ2) is 7.17. The van der Waals surface area contributed by atoms with Gasteiger partial charge < -0.3 is 0 Å². The largest absolute Gasteiger partial charge is 0.0990 e. The molecular weight excluding hydrogens is 312 g/mol. The summed E-state index contributed by atoms with van der Waals surface area (Å²) in [6, 6.07) is 17.5. The Morgan fingerprint density at radius 3 is 1.81 bits per heavy atom. The van der Waals surface area contributed by atoms with Gasteiger partial charge in [-0.3, -0.25) is 0 Å². The molecule has 2 aromatic carbocycles. The Morgan fingerprint density at radius 2 is 1.38 bits per heavy atom. The fourth-order valence-corrected chi connectivity index (χ4v) is 4.33. The minimum atomic E-state index is -0.201. The van der Waals surface area contributed by atoms with Gasteiger partial charge in [0.15, 0.2) is 0 Å². The molecule has 26 heavy (non-hydrogen) atoms. The number of allylic oxidation sites excluding steroid dienone is 8. The Bertz CT molecular complexity index is 902. The predicted octanol–water partition coefficient (Wildman–Crippen LogP) is 7.16. The van der Waals surface area contributed by atoms with Crippen LogP contribution in [0.15, 0.2) is 109 Å². The van der Waals surface area contributed by atoms with Crippen molar-refractivity contribution in [1.29, 1.82) is 0 Å². The Kier molecular flexibility index (Phi) is 4.95. The van der Waals surface area contributed by atoms with E-state index >= 15 is 0 Å². The lowest BCUT2D eigenvalue weighted by Crippen LogP contribution is -2.25. The molecule has 0 saturated carbocycles. The maximum absolute atomic E-state index is 4.02. The lowest BCUT2D eigenvalue weighted by molar-refractivity contribution is 0.702. The zero-order valence-corrected chi connectivity index (χ0v) is 15.9. The van der Waals surface area contributed by atoms with Gasteiger partial charge in [-0.25, -0.2) is 0 Å². The summed E-state index contributed by atoms with van der Waals surface area (Å²) in [4.78, 5) is 0. The molecule has 1 aliphatic carbocycles. The maximum Gasteiger partial charge on any atom is 0.0438 e. The van der Waals surface area contributed by atoms with Crippen molar-refractivity contribution < 1.29 is 0 Å². The van der Waals surface area contributed by atoms with E-state index in [4.69, 9.17) is 0 Å². The van der Waals surface area contributed by atoms with Gasteiger partial charge in [0.2, 0.25) is 0 Å². The molecule has 0 aliphatic heterocycles. The van der Waals surface area contributed by atoms with E-state index in [-0.39, 0.29) is 5.41 Å². The van der Waals surface area contributed by atoms with E-state index in [1.165, 1.54) is 33.4 Å². The highest BCUT2D eigenvalue weighted by Crippen LogP contribution is 2.54. The van der Waals surface area contributed by atoms with Crippen molar-refractivity contribution in [3.63, 3.8) is 0 Å². The molecule has 0 nitrogen and oxygen atoms in total. The molecule has 0 spiro atoms. The second-order valence-electron chi connectivity index (χ2n) is 6.68. The van der Waals surface area contributed by atoms with E-state index in [0.717, 1.165) is 5.57 Å². The van der Waals surface area contributed by atoms with Crippen LogP contribution in [0.3, 0.4) is 0 Å². The molecule has 0 unspecified atom stereocenters. The van der Waals surface area contributed by atoms with Crippen molar-refractivity contribution >= 4 is 0 Å². The summed E-state index contributed by atoms with van der Waals surface area (Å²) in [5.41, 5.74) is 8.76. The topological polar surface area (TPSA) is 0 Å². The average molecular weight is 338 g/mol. The zero-order valence-electron chi connectivity index (χ0n) is 15.9. The van der Waals surface area contributed by atoms with Crippen LogP contribution in [0.4, 0.5) is 0 Å². The molecule has 0 amide bonds. The molecule has 0 fully saturated rings. The molecule has 0 heterocycles. The maximum atomic E-state index is 4.02. The average Bonchev–Trinajstić information content (AvgIpc) is 2.95. The SMILES string of the molecule is C=C/C=C(C=C)/C(=C/C)C(=C\C)/C1(C)c2ccccc2-c2ccccc21. The van der Waals surface area contributed by atoms with E-state index < -0.39 is 0 Å². The number of rotatable bonds is 5. The molecular formula is C26H26. The van der Waals surface area contributed by atoms with Gasteiger partial charge >= 0.3 is 0 Å². The minimum Gasteiger partial charge on any atom is -0.0990 e. The van der Waals surface area contributed by atoms with Gasteiger partial charge in [-0.1, -0.05) is 92.1 Å². The summed E-state index contributed by atoms with van der Waals surface area (Å²) in [5.74, 6) is 0. The van der Waals surface area contributed by atoms with Gasteiger partial charge in [-0.15, -0.1) is 0 Å². The molecule has 1 aliphatic rings.